The maximum Gasteiger partial charge on any atom is 0.224 e. The summed E-state index contributed by atoms with van der Waals surface area (Å²) in [7, 11) is 0. The van der Waals surface area contributed by atoms with Gasteiger partial charge in [-0.15, -0.1) is 0 Å². The normalized spacial score (nSPS) is 21.3. The van der Waals surface area contributed by atoms with E-state index < -0.39 is 0 Å². The third-order valence-corrected chi connectivity index (χ3v) is 2.68. The Balaban J connectivity index is 2.13. The van der Waals surface area contributed by atoms with Crippen LogP contribution in [0.5, 0.6) is 0 Å². The van der Waals surface area contributed by atoms with Crippen LogP contribution in [0.3, 0.4) is 0 Å². The second kappa shape index (κ2) is 3.43. The van der Waals surface area contributed by atoms with Crippen LogP contribution in [0.2, 0.25) is 5.28 Å². The van der Waals surface area contributed by atoms with E-state index in [2.05, 4.69) is 15.0 Å². The fourth-order valence-electron chi connectivity index (χ4n) is 1.80. The minimum atomic E-state index is 0.0426. The first-order valence-corrected chi connectivity index (χ1v) is 5.19. The monoisotopic (exact) mass is 224 g/mol. The lowest BCUT2D eigenvalue weighted by Crippen LogP contribution is -2.06. The first-order valence-electron chi connectivity index (χ1n) is 4.81. The van der Waals surface area contributed by atoms with Gasteiger partial charge in [-0.05, 0) is 24.4 Å². The molecule has 0 amide bonds. The highest BCUT2D eigenvalue weighted by molar-refractivity contribution is 6.28. The van der Waals surface area contributed by atoms with Gasteiger partial charge in [0.05, 0.1) is 12.5 Å². The van der Waals surface area contributed by atoms with E-state index >= 15 is 0 Å². The third-order valence-electron chi connectivity index (χ3n) is 2.50. The average Bonchev–Trinajstić information content (AvgIpc) is 2.83. The molecule has 6 heteroatoms. The molecule has 0 aromatic carbocycles. The SMILES string of the molecule is Clc1ncc2ncn(C3CCCO3)c2n1. The summed E-state index contributed by atoms with van der Waals surface area (Å²) in [5.41, 5.74) is 1.48. The third kappa shape index (κ3) is 1.48. The molecule has 5 nitrogen and oxygen atoms in total. The largest absolute Gasteiger partial charge is 0.358 e. The van der Waals surface area contributed by atoms with Gasteiger partial charge in [-0.1, -0.05) is 0 Å². The molecule has 1 unspecified atom stereocenters. The molecule has 3 heterocycles. The van der Waals surface area contributed by atoms with Crippen LogP contribution in [-0.2, 0) is 4.74 Å². The molecule has 2 aromatic rings. The van der Waals surface area contributed by atoms with Crippen LogP contribution in [-0.4, -0.2) is 26.1 Å². The number of halogens is 1. The lowest BCUT2D eigenvalue weighted by Gasteiger charge is -2.10. The van der Waals surface area contributed by atoms with Gasteiger partial charge >= 0.3 is 0 Å². The maximum absolute atomic E-state index is 5.75. The molecule has 15 heavy (non-hydrogen) atoms. The van der Waals surface area contributed by atoms with Gasteiger partial charge in [0.25, 0.3) is 0 Å². The second-order valence-corrected chi connectivity index (χ2v) is 3.81. The van der Waals surface area contributed by atoms with Gasteiger partial charge in [0.15, 0.2) is 5.65 Å². The number of hydrogen-bond acceptors (Lipinski definition) is 4. The van der Waals surface area contributed by atoms with Crippen molar-refractivity contribution in [2.75, 3.05) is 6.61 Å². The minimum Gasteiger partial charge on any atom is -0.358 e. The number of imidazole rings is 1. The molecular formula is C9H9ClN4O. The Hall–Kier alpha value is -1.20. The molecule has 1 aliphatic rings. The fourth-order valence-corrected chi connectivity index (χ4v) is 1.93. The van der Waals surface area contributed by atoms with E-state index in [0.29, 0.717) is 0 Å². The number of rotatable bonds is 1. The van der Waals surface area contributed by atoms with E-state index in [4.69, 9.17) is 16.3 Å². The molecule has 1 atom stereocenters. The lowest BCUT2D eigenvalue weighted by atomic mass is 10.3. The summed E-state index contributed by atoms with van der Waals surface area (Å²) < 4.78 is 7.48. The number of fused-ring (bicyclic) bond motifs is 1. The van der Waals surface area contributed by atoms with Crippen LogP contribution in [0, 0.1) is 0 Å². The van der Waals surface area contributed by atoms with E-state index in [9.17, 15) is 0 Å². The van der Waals surface area contributed by atoms with E-state index in [1.165, 1.54) is 0 Å². The Kier molecular flexibility index (Phi) is 2.07. The minimum absolute atomic E-state index is 0.0426. The Morgan fingerprint density at radius 2 is 2.40 bits per heavy atom. The lowest BCUT2D eigenvalue weighted by molar-refractivity contribution is 0.0593. The molecule has 78 valence electrons. The molecule has 0 bridgehead atoms. The Labute approximate surface area is 91.1 Å². The second-order valence-electron chi connectivity index (χ2n) is 3.47. The molecule has 1 saturated heterocycles. The Morgan fingerprint density at radius 3 is 3.20 bits per heavy atom. The molecule has 2 aromatic heterocycles. The summed E-state index contributed by atoms with van der Waals surface area (Å²) in [6.07, 6.45) is 5.46. The maximum atomic E-state index is 5.75. The molecule has 1 aliphatic heterocycles. The predicted molar refractivity (Wildman–Crippen MR) is 54.6 cm³/mol. The van der Waals surface area contributed by atoms with Gasteiger partial charge in [0, 0.05) is 6.61 Å². The molecule has 0 saturated carbocycles. The number of ether oxygens (including phenoxy) is 1. The Bertz CT molecular complexity index is 492. The first kappa shape index (κ1) is 9.06. The van der Waals surface area contributed by atoms with E-state index in [1.54, 1.807) is 12.5 Å². The topological polar surface area (TPSA) is 52.8 Å². The van der Waals surface area contributed by atoms with Crippen molar-refractivity contribution in [1.82, 2.24) is 19.5 Å². The molecule has 0 radical (unpaired) electrons. The van der Waals surface area contributed by atoms with Crippen LogP contribution < -0.4 is 0 Å². The van der Waals surface area contributed by atoms with Gasteiger partial charge in [-0.25, -0.2) is 9.97 Å². The predicted octanol–water partition coefficient (Wildman–Crippen LogP) is 1.79. The number of nitrogens with zero attached hydrogens (tertiary/aromatic N) is 4. The highest BCUT2D eigenvalue weighted by Gasteiger charge is 2.20. The van der Waals surface area contributed by atoms with Crippen molar-refractivity contribution in [3.63, 3.8) is 0 Å². The summed E-state index contributed by atoms with van der Waals surface area (Å²) in [5.74, 6) is 0. The summed E-state index contributed by atoms with van der Waals surface area (Å²) in [5, 5.41) is 0.238. The van der Waals surface area contributed by atoms with Gasteiger partial charge in [-0.3, -0.25) is 4.57 Å². The summed E-state index contributed by atoms with van der Waals surface area (Å²) in [4.78, 5) is 12.2. The molecular weight excluding hydrogens is 216 g/mol. The quantitative estimate of drug-likeness (QED) is 0.693. The number of aromatic nitrogens is 4. The zero-order valence-electron chi connectivity index (χ0n) is 7.93. The van der Waals surface area contributed by atoms with Crippen LogP contribution in [0.25, 0.3) is 11.2 Å². The average molecular weight is 225 g/mol. The summed E-state index contributed by atoms with van der Waals surface area (Å²) >= 11 is 5.75. The molecule has 1 fully saturated rings. The molecule has 0 aliphatic carbocycles. The van der Waals surface area contributed by atoms with Crippen molar-refractivity contribution < 1.29 is 4.74 Å². The standard InChI is InChI=1S/C9H9ClN4O/c10-9-11-4-6-8(13-9)14(5-12-6)7-2-1-3-15-7/h4-5,7H,1-3H2. The van der Waals surface area contributed by atoms with Crippen molar-refractivity contribution in [1.29, 1.82) is 0 Å². The van der Waals surface area contributed by atoms with Gasteiger partial charge in [0.2, 0.25) is 5.28 Å². The van der Waals surface area contributed by atoms with Gasteiger partial charge in [0.1, 0.15) is 11.7 Å². The van der Waals surface area contributed by atoms with Gasteiger partial charge in [-0.2, -0.15) is 4.98 Å². The van der Waals surface area contributed by atoms with Crippen molar-refractivity contribution in [3.8, 4) is 0 Å². The van der Waals surface area contributed by atoms with E-state index in [0.717, 1.165) is 30.6 Å². The van der Waals surface area contributed by atoms with Crippen molar-refractivity contribution >= 4 is 22.8 Å². The van der Waals surface area contributed by atoms with Crippen molar-refractivity contribution in [2.24, 2.45) is 0 Å². The molecule has 3 rings (SSSR count). The van der Waals surface area contributed by atoms with Crippen molar-refractivity contribution in [2.45, 2.75) is 19.1 Å². The van der Waals surface area contributed by atoms with E-state index in [1.807, 2.05) is 4.57 Å². The van der Waals surface area contributed by atoms with Gasteiger partial charge < -0.3 is 4.74 Å². The zero-order chi connectivity index (χ0) is 10.3. The zero-order valence-corrected chi connectivity index (χ0v) is 8.68. The number of hydrogen-bond donors (Lipinski definition) is 0. The van der Waals surface area contributed by atoms with Crippen LogP contribution >= 0.6 is 11.6 Å². The Morgan fingerprint density at radius 1 is 1.47 bits per heavy atom. The molecule has 0 spiro atoms. The highest BCUT2D eigenvalue weighted by atomic mass is 35.5. The molecule has 0 N–H and O–H groups in total. The highest BCUT2D eigenvalue weighted by Crippen LogP contribution is 2.25. The van der Waals surface area contributed by atoms with Crippen LogP contribution in [0.1, 0.15) is 19.1 Å². The van der Waals surface area contributed by atoms with Crippen LogP contribution in [0.15, 0.2) is 12.5 Å². The summed E-state index contributed by atoms with van der Waals surface area (Å²) in [6, 6.07) is 0. The first-order chi connectivity index (χ1) is 7.34. The van der Waals surface area contributed by atoms with Crippen molar-refractivity contribution in [3.05, 3.63) is 17.8 Å². The smallest absolute Gasteiger partial charge is 0.224 e. The van der Waals surface area contributed by atoms with E-state index in [-0.39, 0.29) is 11.5 Å². The fraction of sp³-hybridized carbons (Fsp3) is 0.444. The summed E-state index contributed by atoms with van der Waals surface area (Å²) in [6.45, 7) is 0.795. The van der Waals surface area contributed by atoms with Crippen LogP contribution in [0.4, 0.5) is 0 Å².